The molecule has 0 aliphatic heterocycles. The van der Waals surface area contributed by atoms with E-state index < -0.39 is 0 Å². The van der Waals surface area contributed by atoms with Crippen LogP contribution in [-0.4, -0.2) is 29.2 Å². The van der Waals surface area contributed by atoms with Gasteiger partial charge in [-0.05, 0) is 50.3 Å². The Bertz CT molecular complexity index is 390. The second-order valence-corrected chi connectivity index (χ2v) is 5.89. The molecule has 2 rings (SSSR count). The molecule has 0 amide bonds. The summed E-state index contributed by atoms with van der Waals surface area (Å²) in [6, 6.07) is 8.83. The number of nitrogens with zero attached hydrogens (tertiary/aromatic N) is 1. The van der Waals surface area contributed by atoms with Crippen molar-refractivity contribution < 1.29 is 5.11 Å². The molecule has 0 spiro atoms. The highest BCUT2D eigenvalue weighted by Crippen LogP contribution is 2.28. The number of aliphatic hydroxyl groups is 1. The summed E-state index contributed by atoms with van der Waals surface area (Å²) in [5.74, 6) is 0.734. The van der Waals surface area contributed by atoms with Gasteiger partial charge in [0.25, 0.3) is 0 Å². The van der Waals surface area contributed by atoms with Crippen molar-refractivity contribution in [1.29, 1.82) is 0 Å². The quantitative estimate of drug-likeness (QED) is 0.887. The van der Waals surface area contributed by atoms with Gasteiger partial charge in [-0.15, -0.1) is 0 Å². The molecule has 0 aromatic heterocycles. The molecule has 1 aromatic rings. The topological polar surface area (TPSA) is 23.5 Å². The summed E-state index contributed by atoms with van der Waals surface area (Å²) in [4.78, 5) is 2.32. The maximum absolute atomic E-state index is 10.2. The number of likely N-dealkylation sites (N-methyl/N-ethyl adjacent to an activating group) is 1. The Morgan fingerprint density at radius 1 is 1.28 bits per heavy atom. The van der Waals surface area contributed by atoms with Crippen molar-refractivity contribution in [2.45, 2.75) is 51.8 Å². The molecule has 100 valence electrons. The van der Waals surface area contributed by atoms with Gasteiger partial charge in [0, 0.05) is 12.6 Å². The Morgan fingerprint density at radius 2 is 2.00 bits per heavy atom. The summed E-state index contributed by atoms with van der Waals surface area (Å²) in [6.07, 6.45) is 3.07. The van der Waals surface area contributed by atoms with Gasteiger partial charge in [0.15, 0.2) is 0 Å². The van der Waals surface area contributed by atoms with Crippen LogP contribution in [0, 0.1) is 12.8 Å². The van der Waals surface area contributed by atoms with Gasteiger partial charge in [-0.3, -0.25) is 4.90 Å². The number of aliphatic hydroxyl groups excluding tert-OH is 1. The Morgan fingerprint density at radius 3 is 2.72 bits per heavy atom. The Balaban J connectivity index is 2.03. The second kappa shape index (κ2) is 5.85. The van der Waals surface area contributed by atoms with Crippen molar-refractivity contribution in [1.82, 2.24) is 4.90 Å². The molecule has 1 N–H and O–H groups in total. The van der Waals surface area contributed by atoms with Crippen molar-refractivity contribution in [3.63, 3.8) is 0 Å². The van der Waals surface area contributed by atoms with Crippen LogP contribution in [0.5, 0.6) is 0 Å². The molecule has 3 atom stereocenters. The summed E-state index contributed by atoms with van der Waals surface area (Å²) >= 11 is 0. The standard InChI is InChI=1S/C16H25NO/c1-12-8-9-16(18)15(10-12)17(3)11-14-7-5-4-6-13(14)2/h4-7,12,15-16,18H,8-11H2,1-3H3. The average Bonchev–Trinajstić information content (AvgIpc) is 2.35. The highest BCUT2D eigenvalue weighted by molar-refractivity contribution is 5.25. The largest absolute Gasteiger partial charge is 0.391 e. The molecular formula is C16H25NO. The number of rotatable bonds is 3. The van der Waals surface area contributed by atoms with Gasteiger partial charge in [-0.2, -0.15) is 0 Å². The maximum Gasteiger partial charge on any atom is 0.0695 e. The third kappa shape index (κ3) is 3.12. The first-order chi connectivity index (χ1) is 8.58. The lowest BCUT2D eigenvalue weighted by molar-refractivity contribution is 0.0139. The minimum absolute atomic E-state index is 0.157. The third-order valence-corrected chi connectivity index (χ3v) is 4.29. The molecule has 1 aliphatic carbocycles. The molecule has 2 heteroatoms. The van der Waals surface area contributed by atoms with Crippen LogP contribution in [0.4, 0.5) is 0 Å². The van der Waals surface area contributed by atoms with Crippen LogP contribution < -0.4 is 0 Å². The van der Waals surface area contributed by atoms with E-state index >= 15 is 0 Å². The van der Waals surface area contributed by atoms with Gasteiger partial charge in [-0.25, -0.2) is 0 Å². The molecule has 0 radical (unpaired) electrons. The second-order valence-electron chi connectivity index (χ2n) is 5.89. The van der Waals surface area contributed by atoms with Crippen molar-refractivity contribution in [2.75, 3.05) is 7.05 Å². The van der Waals surface area contributed by atoms with Gasteiger partial charge in [0.2, 0.25) is 0 Å². The first kappa shape index (κ1) is 13.6. The molecule has 3 unspecified atom stereocenters. The van der Waals surface area contributed by atoms with Crippen LogP contribution in [0.15, 0.2) is 24.3 Å². The molecule has 1 aliphatic rings. The third-order valence-electron chi connectivity index (χ3n) is 4.29. The van der Waals surface area contributed by atoms with Gasteiger partial charge < -0.3 is 5.11 Å². The van der Waals surface area contributed by atoms with E-state index in [2.05, 4.69) is 50.1 Å². The normalized spacial score (nSPS) is 28.6. The maximum atomic E-state index is 10.2. The highest BCUT2D eigenvalue weighted by atomic mass is 16.3. The van der Waals surface area contributed by atoms with Crippen molar-refractivity contribution in [2.24, 2.45) is 5.92 Å². The molecule has 18 heavy (non-hydrogen) atoms. The molecule has 0 heterocycles. The fourth-order valence-corrected chi connectivity index (χ4v) is 2.98. The van der Waals surface area contributed by atoms with E-state index in [1.54, 1.807) is 0 Å². The Hall–Kier alpha value is -0.860. The molecule has 0 bridgehead atoms. The van der Waals surface area contributed by atoms with E-state index in [9.17, 15) is 5.11 Å². The first-order valence-electron chi connectivity index (χ1n) is 7.00. The van der Waals surface area contributed by atoms with Gasteiger partial charge in [-0.1, -0.05) is 31.2 Å². The van der Waals surface area contributed by atoms with Crippen molar-refractivity contribution in [3.05, 3.63) is 35.4 Å². The van der Waals surface area contributed by atoms with Crippen LogP contribution in [0.25, 0.3) is 0 Å². The highest BCUT2D eigenvalue weighted by Gasteiger charge is 2.29. The lowest BCUT2D eigenvalue weighted by Crippen LogP contribution is -2.44. The van der Waals surface area contributed by atoms with Crippen molar-refractivity contribution in [3.8, 4) is 0 Å². The van der Waals surface area contributed by atoms with E-state index in [4.69, 9.17) is 0 Å². The Kier molecular flexibility index (Phi) is 4.41. The number of hydrogen-bond donors (Lipinski definition) is 1. The van der Waals surface area contributed by atoms with E-state index in [0.717, 1.165) is 31.7 Å². The molecule has 1 aromatic carbocycles. The zero-order valence-electron chi connectivity index (χ0n) is 11.8. The van der Waals surface area contributed by atoms with Gasteiger partial charge >= 0.3 is 0 Å². The van der Waals surface area contributed by atoms with E-state index in [-0.39, 0.29) is 6.10 Å². The lowest BCUT2D eigenvalue weighted by Gasteiger charge is -2.38. The zero-order valence-corrected chi connectivity index (χ0v) is 11.8. The molecular weight excluding hydrogens is 222 g/mol. The summed E-state index contributed by atoms with van der Waals surface area (Å²) < 4.78 is 0. The smallest absolute Gasteiger partial charge is 0.0695 e. The summed E-state index contributed by atoms with van der Waals surface area (Å²) in [6.45, 7) is 5.38. The molecule has 2 nitrogen and oxygen atoms in total. The monoisotopic (exact) mass is 247 g/mol. The molecule has 1 fully saturated rings. The molecule has 0 saturated heterocycles. The lowest BCUT2D eigenvalue weighted by atomic mass is 9.84. The SMILES string of the molecule is Cc1ccccc1CN(C)C1CC(C)CCC1O. The van der Waals surface area contributed by atoms with E-state index in [1.807, 2.05) is 0 Å². The fourth-order valence-electron chi connectivity index (χ4n) is 2.98. The van der Waals surface area contributed by atoms with E-state index in [1.165, 1.54) is 11.1 Å². The zero-order chi connectivity index (χ0) is 13.1. The minimum atomic E-state index is -0.157. The number of aryl methyl sites for hydroxylation is 1. The van der Waals surface area contributed by atoms with E-state index in [0.29, 0.717) is 6.04 Å². The first-order valence-corrected chi connectivity index (χ1v) is 7.00. The predicted octanol–water partition coefficient (Wildman–Crippen LogP) is 2.98. The Labute approximate surface area is 111 Å². The summed E-state index contributed by atoms with van der Waals surface area (Å²) in [5, 5.41) is 10.2. The van der Waals surface area contributed by atoms with Crippen LogP contribution in [0.1, 0.15) is 37.3 Å². The van der Waals surface area contributed by atoms with Gasteiger partial charge in [0.1, 0.15) is 0 Å². The van der Waals surface area contributed by atoms with Crippen LogP contribution in [0.2, 0.25) is 0 Å². The number of hydrogen-bond acceptors (Lipinski definition) is 2. The van der Waals surface area contributed by atoms with Crippen molar-refractivity contribution >= 4 is 0 Å². The minimum Gasteiger partial charge on any atom is -0.391 e. The average molecular weight is 247 g/mol. The fraction of sp³-hybridized carbons (Fsp3) is 0.625. The summed E-state index contributed by atoms with van der Waals surface area (Å²) in [5.41, 5.74) is 2.70. The van der Waals surface area contributed by atoms with Crippen LogP contribution in [0.3, 0.4) is 0 Å². The van der Waals surface area contributed by atoms with Crippen LogP contribution >= 0.6 is 0 Å². The summed E-state index contributed by atoms with van der Waals surface area (Å²) in [7, 11) is 2.14. The predicted molar refractivity (Wildman–Crippen MR) is 75.5 cm³/mol. The number of benzene rings is 1. The molecule has 1 saturated carbocycles. The van der Waals surface area contributed by atoms with Crippen LogP contribution in [-0.2, 0) is 6.54 Å². The van der Waals surface area contributed by atoms with Gasteiger partial charge in [0.05, 0.1) is 6.10 Å².